The maximum Gasteiger partial charge on any atom is 0.283 e. The molecule has 1 aromatic heterocycles. The molecule has 0 N–H and O–H groups in total. The first-order chi connectivity index (χ1) is 10.5. The van der Waals surface area contributed by atoms with Crippen LogP contribution in [-0.2, 0) is 6.54 Å². The van der Waals surface area contributed by atoms with Gasteiger partial charge in [-0.3, -0.25) is 4.79 Å². The van der Waals surface area contributed by atoms with Crippen LogP contribution < -0.4 is 9.54 Å². The lowest BCUT2D eigenvalue weighted by atomic mass is 10.2. The number of carbonyl (C=O) groups is 1. The summed E-state index contributed by atoms with van der Waals surface area (Å²) in [5, 5.41) is 0.469. The van der Waals surface area contributed by atoms with Crippen molar-refractivity contribution in [2.45, 2.75) is 20.4 Å². The molecule has 0 aliphatic heterocycles. The maximum atomic E-state index is 12.5. The van der Waals surface area contributed by atoms with Crippen molar-refractivity contribution in [2.24, 2.45) is 4.99 Å². The molecule has 22 heavy (non-hydrogen) atoms. The van der Waals surface area contributed by atoms with Crippen LogP contribution in [0.2, 0.25) is 5.02 Å². The number of rotatable bonds is 4. The van der Waals surface area contributed by atoms with Gasteiger partial charge in [-0.2, -0.15) is 4.99 Å². The molecule has 116 valence electrons. The van der Waals surface area contributed by atoms with Gasteiger partial charge in [0, 0.05) is 22.1 Å². The molecule has 6 heteroatoms. The standard InChI is InChI=1S/C16H17ClN2O2S/c1-5-8-19-10(2)11(3)22-16(19)18-15(20)13-9-12(17)6-7-14(13)21-4/h5-7,9H,1,8H2,2-4H3/b18-16-. The Hall–Kier alpha value is -1.85. The first-order valence-electron chi connectivity index (χ1n) is 6.68. The number of aromatic nitrogens is 1. The third-order valence-corrected chi connectivity index (χ3v) is 4.62. The average molecular weight is 337 g/mol. The molecular weight excluding hydrogens is 320 g/mol. The number of allylic oxidation sites excluding steroid dienone is 1. The van der Waals surface area contributed by atoms with E-state index < -0.39 is 0 Å². The molecule has 1 amide bonds. The number of hydrogen-bond acceptors (Lipinski definition) is 3. The predicted molar refractivity (Wildman–Crippen MR) is 89.9 cm³/mol. The van der Waals surface area contributed by atoms with Gasteiger partial charge < -0.3 is 9.30 Å². The number of amides is 1. The summed E-state index contributed by atoms with van der Waals surface area (Å²) in [6.45, 7) is 8.35. The van der Waals surface area contributed by atoms with Crippen LogP contribution >= 0.6 is 22.9 Å². The molecule has 0 fully saturated rings. The fraction of sp³-hybridized carbons (Fsp3) is 0.250. The van der Waals surface area contributed by atoms with Gasteiger partial charge in [0.2, 0.25) is 0 Å². The van der Waals surface area contributed by atoms with Gasteiger partial charge in [0.15, 0.2) is 4.80 Å². The molecule has 1 heterocycles. The van der Waals surface area contributed by atoms with Crippen LogP contribution in [0.15, 0.2) is 35.8 Å². The van der Waals surface area contributed by atoms with Crippen molar-refractivity contribution in [1.29, 1.82) is 0 Å². The zero-order valence-corrected chi connectivity index (χ0v) is 14.3. The van der Waals surface area contributed by atoms with Crippen LogP contribution in [0.1, 0.15) is 20.9 Å². The third-order valence-electron chi connectivity index (χ3n) is 3.29. The first kappa shape index (κ1) is 16.5. The van der Waals surface area contributed by atoms with Crippen LogP contribution in [0.5, 0.6) is 5.75 Å². The third kappa shape index (κ3) is 3.31. The zero-order valence-electron chi connectivity index (χ0n) is 12.7. The molecule has 0 aliphatic carbocycles. The summed E-state index contributed by atoms with van der Waals surface area (Å²) in [4.78, 5) is 18.5. The van der Waals surface area contributed by atoms with E-state index in [9.17, 15) is 4.79 Å². The Kier molecular flexibility index (Phi) is 5.21. The highest BCUT2D eigenvalue weighted by Gasteiger charge is 2.13. The van der Waals surface area contributed by atoms with Crippen molar-refractivity contribution >= 4 is 28.8 Å². The van der Waals surface area contributed by atoms with E-state index in [0.29, 0.717) is 27.7 Å². The highest BCUT2D eigenvalue weighted by Crippen LogP contribution is 2.23. The molecule has 4 nitrogen and oxygen atoms in total. The number of aryl methyl sites for hydroxylation is 1. The van der Waals surface area contributed by atoms with E-state index in [1.165, 1.54) is 18.4 Å². The SMILES string of the molecule is C=CCn1c(C)c(C)s/c1=N\C(=O)c1cc(Cl)ccc1OC. The minimum atomic E-state index is -0.376. The van der Waals surface area contributed by atoms with E-state index in [0.717, 1.165) is 10.6 Å². The fourth-order valence-corrected chi connectivity index (χ4v) is 3.18. The quantitative estimate of drug-likeness (QED) is 0.798. The Bertz CT molecular complexity index is 790. The molecule has 1 aromatic carbocycles. The molecule has 0 bridgehead atoms. The van der Waals surface area contributed by atoms with Crippen molar-refractivity contribution in [1.82, 2.24) is 4.57 Å². The lowest BCUT2D eigenvalue weighted by molar-refractivity contribution is 0.0995. The molecule has 2 aromatic rings. The number of methoxy groups -OCH3 is 1. The van der Waals surface area contributed by atoms with Crippen molar-refractivity contribution in [2.75, 3.05) is 7.11 Å². The lowest BCUT2D eigenvalue weighted by Gasteiger charge is -2.05. The van der Waals surface area contributed by atoms with Gasteiger partial charge in [0.05, 0.1) is 12.7 Å². The van der Waals surface area contributed by atoms with Gasteiger partial charge in [-0.1, -0.05) is 17.7 Å². The smallest absolute Gasteiger partial charge is 0.283 e. The molecule has 0 saturated carbocycles. The molecule has 0 spiro atoms. The fourth-order valence-electron chi connectivity index (χ4n) is 2.02. The zero-order chi connectivity index (χ0) is 16.3. The highest BCUT2D eigenvalue weighted by atomic mass is 35.5. The van der Waals surface area contributed by atoms with Gasteiger partial charge in [-0.15, -0.1) is 17.9 Å². The number of hydrogen-bond donors (Lipinski definition) is 0. The average Bonchev–Trinajstić information content (AvgIpc) is 2.75. The van der Waals surface area contributed by atoms with Crippen LogP contribution in [0.4, 0.5) is 0 Å². The van der Waals surface area contributed by atoms with Crippen molar-refractivity contribution in [3.05, 3.63) is 56.8 Å². The van der Waals surface area contributed by atoms with Gasteiger partial charge in [-0.25, -0.2) is 0 Å². The van der Waals surface area contributed by atoms with Crippen molar-refractivity contribution in [3.63, 3.8) is 0 Å². The van der Waals surface area contributed by atoms with E-state index in [1.54, 1.807) is 24.3 Å². The number of carbonyl (C=O) groups excluding carboxylic acids is 1. The maximum absolute atomic E-state index is 12.5. The van der Waals surface area contributed by atoms with Crippen LogP contribution in [0, 0.1) is 13.8 Å². The highest BCUT2D eigenvalue weighted by molar-refractivity contribution is 7.09. The monoisotopic (exact) mass is 336 g/mol. The molecular formula is C16H17ClN2O2S. The van der Waals surface area contributed by atoms with Crippen LogP contribution in [-0.4, -0.2) is 17.6 Å². The van der Waals surface area contributed by atoms with E-state index in [1.807, 2.05) is 18.4 Å². The normalized spacial score (nSPS) is 11.5. The Labute approximate surface area is 138 Å². The molecule has 0 aliphatic rings. The predicted octanol–water partition coefficient (Wildman–Crippen LogP) is 3.76. The summed E-state index contributed by atoms with van der Waals surface area (Å²) in [5.74, 6) is 0.0804. The van der Waals surface area contributed by atoms with Crippen molar-refractivity contribution < 1.29 is 9.53 Å². The number of ether oxygens (including phenoxy) is 1. The summed E-state index contributed by atoms with van der Waals surface area (Å²) in [6.07, 6.45) is 1.78. The second-order valence-electron chi connectivity index (χ2n) is 4.69. The van der Waals surface area contributed by atoms with E-state index >= 15 is 0 Å². The lowest BCUT2D eigenvalue weighted by Crippen LogP contribution is -2.17. The molecule has 0 radical (unpaired) electrons. The summed E-state index contributed by atoms with van der Waals surface area (Å²) in [7, 11) is 1.51. The summed E-state index contributed by atoms with van der Waals surface area (Å²) < 4.78 is 7.17. The first-order valence-corrected chi connectivity index (χ1v) is 7.87. The van der Waals surface area contributed by atoms with Crippen LogP contribution in [0.25, 0.3) is 0 Å². The second kappa shape index (κ2) is 6.94. The van der Waals surface area contributed by atoms with E-state index in [-0.39, 0.29) is 5.91 Å². The largest absolute Gasteiger partial charge is 0.496 e. The van der Waals surface area contributed by atoms with Gasteiger partial charge in [0.1, 0.15) is 5.75 Å². The Morgan fingerprint density at radius 3 is 2.86 bits per heavy atom. The van der Waals surface area contributed by atoms with Crippen LogP contribution in [0.3, 0.4) is 0 Å². The van der Waals surface area contributed by atoms with Gasteiger partial charge >= 0.3 is 0 Å². The summed E-state index contributed by atoms with van der Waals surface area (Å²) >= 11 is 7.44. The molecule has 0 atom stereocenters. The molecule has 2 rings (SSSR count). The number of thiazole rings is 1. The molecule has 0 unspecified atom stereocenters. The van der Waals surface area contributed by atoms with Gasteiger partial charge in [0.25, 0.3) is 5.91 Å². The molecule has 0 saturated heterocycles. The second-order valence-corrected chi connectivity index (χ2v) is 6.31. The van der Waals surface area contributed by atoms with E-state index in [4.69, 9.17) is 16.3 Å². The van der Waals surface area contributed by atoms with Gasteiger partial charge in [-0.05, 0) is 32.0 Å². The van der Waals surface area contributed by atoms with Crippen molar-refractivity contribution in [3.8, 4) is 5.75 Å². The Morgan fingerprint density at radius 1 is 1.50 bits per heavy atom. The number of nitrogens with zero attached hydrogens (tertiary/aromatic N) is 2. The minimum Gasteiger partial charge on any atom is -0.496 e. The Morgan fingerprint density at radius 2 is 2.23 bits per heavy atom. The minimum absolute atomic E-state index is 0.351. The topological polar surface area (TPSA) is 43.6 Å². The summed E-state index contributed by atoms with van der Waals surface area (Å²) in [6, 6.07) is 4.90. The number of benzene rings is 1. The number of halogens is 1. The van der Waals surface area contributed by atoms with E-state index in [2.05, 4.69) is 11.6 Å². The Balaban J connectivity index is 2.54. The summed E-state index contributed by atoms with van der Waals surface area (Å²) in [5.41, 5.74) is 1.43.